The van der Waals surface area contributed by atoms with E-state index in [0.717, 1.165) is 0 Å². The second-order valence-electron chi connectivity index (χ2n) is 3.73. The molecule has 4 nitrogen and oxygen atoms in total. The maximum Gasteiger partial charge on any atom is 0.371 e. The van der Waals surface area contributed by atoms with E-state index in [1.165, 1.54) is 11.6 Å². The quantitative estimate of drug-likeness (QED) is 0.857. The lowest BCUT2D eigenvalue weighted by Crippen LogP contribution is -2.17. The van der Waals surface area contributed by atoms with Gasteiger partial charge < -0.3 is 14.8 Å². The summed E-state index contributed by atoms with van der Waals surface area (Å²) in [4.78, 5) is 10.6. The smallest absolute Gasteiger partial charge is 0.371 e. The van der Waals surface area contributed by atoms with E-state index >= 15 is 0 Å². The Morgan fingerprint density at radius 2 is 2.35 bits per heavy atom. The van der Waals surface area contributed by atoms with Crippen LogP contribution in [0.15, 0.2) is 33.4 Å². The van der Waals surface area contributed by atoms with E-state index in [4.69, 9.17) is 9.52 Å². The third-order valence-corrected chi connectivity index (χ3v) is 3.20. The number of furan rings is 1. The number of thiophene rings is 1. The van der Waals surface area contributed by atoms with Crippen molar-refractivity contribution in [2.24, 2.45) is 0 Å². The molecular weight excluding hydrogens is 238 g/mol. The third kappa shape index (κ3) is 2.95. The maximum absolute atomic E-state index is 10.6. The second-order valence-corrected chi connectivity index (χ2v) is 4.51. The first kappa shape index (κ1) is 11.9. The van der Waals surface area contributed by atoms with E-state index in [1.807, 2.05) is 5.38 Å². The first-order valence-corrected chi connectivity index (χ1v) is 6.18. The maximum atomic E-state index is 10.6. The zero-order valence-electron chi connectivity index (χ0n) is 9.34. The normalized spacial score (nSPS) is 12.5. The van der Waals surface area contributed by atoms with Gasteiger partial charge in [-0.15, -0.1) is 0 Å². The summed E-state index contributed by atoms with van der Waals surface area (Å²) in [5.41, 5.74) is 1.22. The molecule has 2 heterocycles. The first-order chi connectivity index (χ1) is 8.16. The molecule has 0 saturated heterocycles. The Morgan fingerprint density at radius 3 is 2.94 bits per heavy atom. The predicted octanol–water partition coefficient (Wildman–Crippen LogP) is 2.89. The number of nitrogens with one attached hydrogen (secondary N) is 1. The number of carboxylic acids is 1. The minimum Gasteiger partial charge on any atom is -0.475 e. The Bertz CT molecular complexity index is 490. The lowest BCUT2D eigenvalue weighted by Gasteiger charge is -2.10. The minimum absolute atomic E-state index is 0.0232. The summed E-state index contributed by atoms with van der Waals surface area (Å²) in [6, 6.07) is 5.43. The van der Waals surface area contributed by atoms with Gasteiger partial charge in [0.15, 0.2) is 0 Å². The van der Waals surface area contributed by atoms with Gasteiger partial charge in [0.25, 0.3) is 0 Å². The van der Waals surface area contributed by atoms with Crippen molar-refractivity contribution in [2.75, 3.05) is 0 Å². The molecule has 90 valence electrons. The van der Waals surface area contributed by atoms with E-state index in [9.17, 15) is 4.79 Å². The monoisotopic (exact) mass is 251 g/mol. The van der Waals surface area contributed by atoms with Crippen molar-refractivity contribution in [2.45, 2.75) is 19.5 Å². The van der Waals surface area contributed by atoms with Crippen molar-refractivity contribution >= 4 is 17.3 Å². The average molecular weight is 251 g/mol. The summed E-state index contributed by atoms with van der Waals surface area (Å²) >= 11 is 1.66. The summed E-state index contributed by atoms with van der Waals surface area (Å²) in [6.07, 6.45) is 0. The molecule has 0 fully saturated rings. The van der Waals surface area contributed by atoms with E-state index in [-0.39, 0.29) is 11.8 Å². The molecule has 2 aromatic heterocycles. The molecular formula is C12H13NO3S. The summed E-state index contributed by atoms with van der Waals surface area (Å²) in [7, 11) is 0. The van der Waals surface area contributed by atoms with Gasteiger partial charge in [0, 0.05) is 6.04 Å². The highest BCUT2D eigenvalue weighted by Crippen LogP contribution is 2.16. The number of hydrogen-bond donors (Lipinski definition) is 2. The van der Waals surface area contributed by atoms with Gasteiger partial charge in [0.2, 0.25) is 5.76 Å². The highest BCUT2D eigenvalue weighted by atomic mass is 32.1. The standard InChI is InChI=1S/C12H13NO3S/c1-8(9-4-5-17-7-9)13-6-10-2-3-11(16-10)12(14)15/h2-5,7-8,13H,6H2,1H3,(H,14,15). The van der Waals surface area contributed by atoms with E-state index in [1.54, 1.807) is 17.4 Å². The van der Waals surface area contributed by atoms with Gasteiger partial charge >= 0.3 is 5.97 Å². The lowest BCUT2D eigenvalue weighted by molar-refractivity contribution is 0.0660. The molecule has 0 aliphatic rings. The van der Waals surface area contributed by atoms with Crippen LogP contribution in [0.5, 0.6) is 0 Å². The van der Waals surface area contributed by atoms with E-state index in [2.05, 4.69) is 23.7 Å². The zero-order valence-corrected chi connectivity index (χ0v) is 10.2. The van der Waals surface area contributed by atoms with Crippen LogP contribution >= 0.6 is 11.3 Å². The number of carboxylic acid groups (broad SMARTS) is 1. The molecule has 0 bridgehead atoms. The average Bonchev–Trinajstić information content (AvgIpc) is 2.97. The highest BCUT2D eigenvalue weighted by molar-refractivity contribution is 7.07. The van der Waals surface area contributed by atoms with Gasteiger partial charge in [0.1, 0.15) is 5.76 Å². The largest absolute Gasteiger partial charge is 0.475 e. The Balaban J connectivity index is 1.91. The summed E-state index contributed by atoms with van der Waals surface area (Å²) in [5.74, 6) is -0.434. The molecule has 17 heavy (non-hydrogen) atoms. The van der Waals surface area contributed by atoms with Gasteiger partial charge in [-0.3, -0.25) is 0 Å². The molecule has 0 spiro atoms. The Kier molecular flexibility index (Phi) is 3.61. The SMILES string of the molecule is CC(NCc1ccc(C(=O)O)o1)c1ccsc1. The lowest BCUT2D eigenvalue weighted by atomic mass is 10.2. The Labute approximate surface area is 103 Å². The molecule has 2 aromatic rings. The van der Waals surface area contributed by atoms with Crippen LogP contribution < -0.4 is 5.32 Å². The minimum atomic E-state index is -1.04. The van der Waals surface area contributed by atoms with Gasteiger partial charge in [-0.2, -0.15) is 11.3 Å². The van der Waals surface area contributed by atoms with Crippen molar-refractivity contribution in [3.63, 3.8) is 0 Å². The van der Waals surface area contributed by atoms with Crippen molar-refractivity contribution in [1.82, 2.24) is 5.32 Å². The van der Waals surface area contributed by atoms with Crippen molar-refractivity contribution in [1.29, 1.82) is 0 Å². The molecule has 0 saturated carbocycles. The number of hydrogen-bond acceptors (Lipinski definition) is 4. The zero-order chi connectivity index (χ0) is 12.3. The van der Waals surface area contributed by atoms with Crippen molar-refractivity contribution in [3.05, 3.63) is 46.0 Å². The van der Waals surface area contributed by atoms with Gasteiger partial charge in [-0.25, -0.2) is 4.79 Å². The number of rotatable bonds is 5. The molecule has 1 unspecified atom stereocenters. The third-order valence-electron chi connectivity index (χ3n) is 2.50. The number of carbonyl (C=O) groups is 1. The van der Waals surface area contributed by atoms with Gasteiger partial charge in [-0.05, 0) is 41.4 Å². The fourth-order valence-corrected chi connectivity index (χ4v) is 2.23. The van der Waals surface area contributed by atoms with Gasteiger partial charge in [0.05, 0.1) is 6.54 Å². The van der Waals surface area contributed by atoms with E-state index in [0.29, 0.717) is 12.3 Å². The van der Waals surface area contributed by atoms with Crippen LogP contribution in [-0.4, -0.2) is 11.1 Å². The van der Waals surface area contributed by atoms with Crippen LogP contribution in [0.25, 0.3) is 0 Å². The number of aromatic carboxylic acids is 1. The molecule has 2 N–H and O–H groups in total. The summed E-state index contributed by atoms with van der Waals surface area (Å²) in [5, 5.41) is 16.1. The molecule has 0 aliphatic carbocycles. The van der Waals surface area contributed by atoms with Crippen LogP contribution in [0.1, 0.15) is 34.8 Å². The van der Waals surface area contributed by atoms with Crippen LogP contribution in [0, 0.1) is 0 Å². The molecule has 2 rings (SSSR count). The van der Waals surface area contributed by atoms with Crippen molar-refractivity contribution in [3.8, 4) is 0 Å². The fourth-order valence-electron chi connectivity index (χ4n) is 1.48. The Morgan fingerprint density at radius 1 is 1.53 bits per heavy atom. The summed E-state index contributed by atoms with van der Waals surface area (Å²) < 4.78 is 5.15. The fraction of sp³-hybridized carbons (Fsp3) is 0.250. The van der Waals surface area contributed by atoms with Crippen LogP contribution in [0.3, 0.4) is 0 Å². The van der Waals surface area contributed by atoms with E-state index < -0.39 is 5.97 Å². The van der Waals surface area contributed by atoms with Crippen LogP contribution in [0.2, 0.25) is 0 Å². The topological polar surface area (TPSA) is 62.5 Å². The van der Waals surface area contributed by atoms with Crippen LogP contribution in [0.4, 0.5) is 0 Å². The molecule has 1 atom stereocenters. The first-order valence-electron chi connectivity index (χ1n) is 5.24. The van der Waals surface area contributed by atoms with Crippen LogP contribution in [-0.2, 0) is 6.54 Å². The Hall–Kier alpha value is -1.59. The molecule has 0 radical (unpaired) electrons. The van der Waals surface area contributed by atoms with Crippen molar-refractivity contribution < 1.29 is 14.3 Å². The molecule has 0 aliphatic heterocycles. The highest BCUT2D eigenvalue weighted by Gasteiger charge is 2.10. The summed E-state index contributed by atoms with van der Waals surface area (Å²) in [6.45, 7) is 2.58. The predicted molar refractivity (Wildman–Crippen MR) is 65.2 cm³/mol. The molecule has 5 heteroatoms. The second kappa shape index (κ2) is 5.16. The molecule has 0 aromatic carbocycles. The van der Waals surface area contributed by atoms with Gasteiger partial charge in [-0.1, -0.05) is 0 Å². The molecule has 0 amide bonds.